The molecular formula is C18H18O4. The van der Waals surface area contributed by atoms with Crippen molar-refractivity contribution in [2.75, 3.05) is 0 Å². The Morgan fingerprint density at radius 2 is 1.55 bits per heavy atom. The number of rotatable bonds is 6. The van der Waals surface area contributed by atoms with Crippen LogP contribution < -0.4 is 0 Å². The Morgan fingerprint density at radius 3 is 2.05 bits per heavy atom. The molecule has 4 nitrogen and oxygen atoms in total. The van der Waals surface area contributed by atoms with Gasteiger partial charge < -0.3 is 10.2 Å². The monoisotopic (exact) mass is 298 g/mol. The fourth-order valence-corrected chi connectivity index (χ4v) is 2.62. The molecule has 114 valence electrons. The van der Waals surface area contributed by atoms with E-state index in [0.29, 0.717) is 5.56 Å². The zero-order chi connectivity index (χ0) is 16.2. The van der Waals surface area contributed by atoms with Crippen LogP contribution in [0.2, 0.25) is 0 Å². The topological polar surface area (TPSA) is 74.6 Å². The van der Waals surface area contributed by atoms with Gasteiger partial charge >= 0.3 is 11.9 Å². The number of carboxylic acids is 2. The molecule has 2 aromatic carbocycles. The van der Waals surface area contributed by atoms with E-state index in [4.69, 9.17) is 0 Å². The van der Waals surface area contributed by atoms with Crippen molar-refractivity contribution in [3.63, 3.8) is 0 Å². The minimum absolute atomic E-state index is 0.137. The lowest BCUT2D eigenvalue weighted by molar-refractivity contribution is -0.150. The van der Waals surface area contributed by atoms with Gasteiger partial charge in [-0.15, -0.1) is 0 Å². The number of carboxylic acid groups (broad SMARTS) is 2. The highest BCUT2D eigenvalue weighted by Crippen LogP contribution is 2.33. The van der Waals surface area contributed by atoms with Gasteiger partial charge in [0.2, 0.25) is 0 Å². The molecule has 1 atom stereocenters. The molecule has 22 heavy (non-hydrogen) atoms. The molecule has 0 bridgehead atoms. The van der Waals surface area contributed by atoms with Crippen LogP contribution in [0.4, 0.5) is 0 Å². The molecule has 1 unspecified atom stereocenters. The highest BCUT2D eigenvalue weighted by Gasteiger charge is 2.42. The summed E-state index contributed by atoms with van der Waals surface area (Å²) in [5.74, 6) is -2.25. The van der Waals surface area contributed by atoms with Crippen molar-refractivity contribution in [2.24, 2.45) is 0 Å². The Bertz CT molecular complexity index is 661. The fraction of sp³-hybridized carbons (Fsp3) is 0.222. The maximum Gasteiger partial charge on any atom is 0.315 e. The minimum atomic E-state index is -1.47. The van der Waals surface area contributed by atoms with E-state index >= 15 is 0 Å². The molecule has 0 aromatic heterocycles. The van der Waals surface area contributed by atoms with Crippen molar-refractivity contribution in [2.45, 2.75) is 25.2 Å². The second-order valence-electron chi connectivity index (χ2n) is 5.49. The summed E-state index contributed by atoms with van der Waals surface area (Å²) in [5.41, 5.74) is 0.836. The van der Waals surface area contributed by atoms with E-state index in [9.17, 15) is 19.8 Å². The maximum absolute atomic E-state index is 12.0. The number of benzene rings is 2. The van der Waals surface area contributed by atoms with Crippen LogP contribution in [0, 0.1) is 6.92 Å². The average Bonchev–Trinajstić information content (AvgIpc) is 2.47. The Kier molecular flexibility index (Phi) is 4.61. The molecule has 0 saturated carbocycles. The third kappa shape index (κ3) is 3.34. The van der Waals surface area contributed by atoms with Gasteiger partial charge in [-0.3, -0.25) is 9.59 Å². The van der Waals surface area contributed by atoms with E-state index in [1.54, 1.807) is 24.3 Å². The predicted molar refractivity (Wildman–Crippen MR) is 82.9 cm³/mol. The first kappa shape index (κ1) is 15.8. The van der Waals surface area contributed by atoms with Gasteiger partial charge in [0.05, 0.1) is 6.42 Å². The van der Waals surface area contributed by atoms with E-state index in [0.717, 1.165) is 11.1 Å². The number of hydrogen-bond donors (Lipinski definition) is 2. The Hall–Kier alpha value is -2.62. The zero-order valence-corrected chi connectivity index (χ0v) is 12.3. The smallest absolute Gasteiger partial charge is 0.315 e. The van der Waals surface area contributed by atoms with Crippen molar-refractivity contribution < 1.29 is 19.8 Å². The van der Waals surface area contributed by atoms with Gasteiger partial charge in [0.1, 0.15) is 5.41 Å². The summed E-state index contributed by atoms with van der Waals surface area (Å²) in [6.07, 6.45) is -0.321. The van der Waals surface area contributed by atoms with Crippen LogP contribution in [0.3, 0.4) is 0 Å². The highest BCUT2D eigenvalue weighted by molar-refractivity contribution is 5.87. The summed E-state index contributed by atoms with van der Waals surface area (Å²) < 4.78 is 0. The zero-order valence-electron chi connectivity index (χ0n) is 12.3. The second kappa shape index (κ2) is 6.43. The van der Waals surface area contributed by atoms with Gasteiger partial charge in [-0.2, -0.15) is 0 Å². The second-order valence-corrected chi connectivity index (χ2v) is 5.49. The molecule has 0 heterocycles. The Morgan fingerprint density at radius 1 is 0.955 bits per heavy atom. The van der Waals surface area contributed by atoms with E-state index < -0.39 is 23.8 Å². The quantitative estimate of drug-likeness (QED) is 0.859. The van der Waals surface area contributed by atoms with Gasteiger partial charge in [-0.1, -0.05) is 60.2 Å². The molecule has 0 aliphatic rings. The minimum Gasteiger partial charge on any atom is -0.481 e. The third-order valence-corrected chi connectivity index (χ3v) is 3.82. The molecule has 4 heteroatoms. The number of hydrogen-bond acceptors (Lipinski definition) is 2. The first-order chi connectivity index (χ1) is 10.4. The molecule has 2 aromatic rings. The Balaban J connectivity index is 2.52. The molecule has 0 amide bonds. The van der Waals surface area contributed by atoms with E-state index in [1.807, 2.05) is 37.3 Å². The fourth-order valence-electron chi connectivity index (χ4n) is 2.62. The third-order valence-electron chi connectivity index (χ3n) is 3.82. The van der Waals surface area contributed by atoms with E-state index in [2.05, 4.69) is 0 Å². The summed E-state index contributed by atoms with van der Waals surface area (Å²) in [4.78, 5) is 23.3. The molecule has 2 rings (SSSR count). The van der Waals surface area contributed by atoms with Gasteiger partial charge in [0.25, 0.3) is 0 Å². The number of aliphatic carboxylic acids is 2. The summed E-state index contributed by atoms with van der Waals surface area (Å²) in [6.45, 7) is 1.90. The standard InChI is InChI=1S/C18H18O4/c1-13-7-9-15(10-8-13)18(17(21)22,12-16(19)20)11-14-5-3-2-4-6-14/h2-10H,11-12H2,1H3,(H,19,20)(H,21,22). The highest BCUT2D eigenvalue weighted by atomic mass is 16.4. The van der Waals surface area contributed by atoms with Crippen LogP contribution in [0.1, 0.15) is 23.1 Å². The molecule has 0 aliphatic carbocycles. The van der Waals surface area contributed by atoms with Crippen LogP contribution in [0.5, 0.6) is 0 Å². The van der Waals surface area contributed by atoms with Gasteiger partial charge in [0, 0.05) is 0 Å². The lowest BCUT2D eigenvalue weighted by Gasteiger charge is -2.29. The molecule has 0 radical (unpaired) electrons. The summed E-state index contributed by atoms with van der Waals surface area (Å²) in [6, 6.07) is 16.1. The normalized spacial score (nSPS) is 13.3. The maximum atomic E-state index is 12.0. The van der Waals surface area contributed by atoms with Crippen molar-refractivity contribution >= 4 is 11.9 Å². The average molecular weight is 298 g/mol. The Labute approximate surface area is 129 Å². The predicted octanol–water partition coefficient (Wildman–Crippen LogP) is 3.03. The molecule has 0 aliphatic heterocycles. The van der Waals surface area contributed by atoms with E-state index in [1.165, 1.54) is 0 Å². The molecule has 0 fully saturated rings. The molecular weight excluding hydrogens is 280 g/mol. The summed E-state index contributed by atoms with van der Waals surface area (Å²) >= 11 is 0. The first-order valence-electron chi connectivity index (χ1n) is 7.00. The lowest BCUT2D eigenvalue weighted by Crippen LogP contribution is -2.40. The molecule has 0 saturated heterocycles. The number of carbonyl (C=O) groups is 2. The van der Waals surface area contributed by atoms with Crippen molar-refractivity contribution in [3.05, 3.63) is 71.3 Å². The van der Waals surface area contributed by atoms with Crippen LogP contribution in [-0.4, -0.2) is 22.2 Å². The van der Waals surface area contributed by atoms with Gasteiger partial charge in [0.15, 0.2) is 0 Å². The van der Waals surface area contributed by atoms with Crippen LogP contribution >= 0.6 is 0 Å². The summed E-state index contributed by atoms with van der Waals surface area (Å²) in [5, 5.41) is 19.0. The first-order valence-corrected chi connectivity index (χ1v) is 7.00. The van der Waals surface area contributed by atoms with Crippen LogP contribution in [0.15, 0.2) is 54.6 Å². The lowest BCUT2D eigenvalue weighted by atomic mass is 9.73. The SMILES string of the molecule is Cc1ccc(C(CC(=O)O)(Cc2ccccc2)C(=O)O)cc1. The van der Waals surface area contributed by atoms with Crippen LogP contribution in [-0.2, 0) is 21.4 Å². The van der Waals surface area contributed by atoms with Crippen molar-refractivity contribution in [1.82, 2.24) is 0 Å². The van der Waals surface area contributed by atoms with Crippen molar-refractivity contribution in [1.29, 1.82) is 0 Å². The van der Waals surface area contributed by atoms with Gasteiger partial charge in [-0.25, -0.2) is 0 Å². The largest absolute Gasteiger partial charge is 0.481 e. The molecule has 2 N–H and O–H groups in total. The van der Waals surface area contributed by atoms with E-state index in [-0.39, 0.29) is 6.42 Å². The van der Waals surface area contributed by atoms with Crippen molar-refractivity contribution in [3.8, 4) is 0 Å². The van der Waals surface area contributed by atoms with Crippen LogP contribution in [0.25, 0.3) is 0 Å². The number of aryl methyl sites for hydroxylation is 1. The molecule has 0 spiro atoms. The summed E-state index contributed by atoms with van der Waals surface area (Å²) in [7, 11) is 0. The van der Waals surface area contributed by atoms with Gasteiger partial charge in [-0.05, 0) is 24.5 Å².